The fraction of sp³-hybridized carbons (Fsp3) is 0.0986. The summed E-state index contributed by atoms with van der Waals surface area (Å²) in [5.41, 5.74) is 21.6. The van der Waals surface area contributed by atoms with Gasteiger partial charge in [-0.1, -0.05) is 252 Å². The fourth-order valence-electron chi connectivity index (χ4n) is 12.8. The first kappa shape index (κ1) is 46.5. The molecule has 0 atom stereocenters. The molecule has 0 aliphatic heterocycles. The summed E-state index contributed by atoms with van der Waals surface area (Å²) < 4.78 is 0. The van der Waals surface area contributed by atoms with Crippen molar-refractivity contribution in [3.63, 3.8) is 0 Å². The third-order valence-corrected chi connectivity index (χ3v) is 20.0. The fourth-order valence-corrected chi connectivity index (χ4v) is 15.9. The summed E-state index contributed by atoms with van der Waals surface area (Å²) in [6.45, 7) is 14.8. The van der Waals surface area contributed by atoms with Crippen LogP contribution in [-0.2, 0) is 5.41 Å². The van der Waals surface area contributed by atoms with Crippen molar-refractivity contribution < 1.29 is 0 Å². The lowest BCUT2D eigenvalue weighted by Crippen LogP contribution is -2.40. The molecule has 11 aromatic carbocycles. The Labute approximate surface area is 444 Å². The van der Waals surface area contributed by atoms with E-state index in [0.717, 1.165) is 17.1 Å². The maximum atomic E-state index is 2.60. The van der Waals surface area contributed by atoms with Crippen LogP contribution in [0.25, 0.3) is 55.3 Å². The third kappa shape index (κ3) is 7.41. The van der Waals surface area contributed by atoms with Gasteiger partial charge in [-0.25, -0.2) is 0 Å². The average Bonchev–Trinajstić information content (AvgIpc) is 3.77. The van der Waals surface area contributed by atoms with Gasteiger partial charge in [0.15, 0.2) is 0 Å². The Morgan fingerprint density at radius 2 is 0.693 bits per heavy atom. The smallest absolute Gasteiger partial charge is 0.0803 e. The van der Waals surface area contributed by atoms with Crippen LogP contribution < -0.4 is 20.2 Å². The van der Waals surface area contributed by atoms with Crippen LogP contribution in [0.15, 0.2) is 255 Å². The summed E-state index contributed by atoms with van der Waals surface area (Å²) in [6.07, 6.45) is 0. The van der Waals surface area contributed by atoms with Crippen molar-refractivity contribution in [2.24, 2.45) is 0 Å². The zero-order valence-corrected chi connectivity index (χ0v) is 45.6. The van der Waals surface area contributed by atoms with Crippen molar-refractivity contribution >= 4 is 71.4 Å². The normalized spacial score (nSPS) is 13.0. The maximum absolute atomic E-state index is 2.60. The first-order chi connectivity index (χ1) is 36.5. The summed E-state index contributed by atoms with van der Waals surface area (Å²) in [6, 6.07) is 96.1. The summed E-state index contributed by atoms with van der Waals surface area (Å²) in [4.78, 5) is 5.17. The minimum absolute atomic E-state index is 0.643. The highest BCUT2D eigenvalue weighted by Gasteiger charge is 2.50. The Balaban J connectivity index is 1.14. The molecule has 2 aliphatic carbocycles. The molecule has 0 heterocycles. The molecule has 13 rings (SSSR count). The van der Waals surface area contributed by atoms with Gasteiger partial charge in [0.1, 0.15) is 0 Å². The number of nitrogens with zero attached hydrogens (tertiary/aromatic N) is 2. The standard InChI is InChI=1S/C71H60N2Si2/c1-74(2,3)68-42-23-21-40-66(68)72(63-38-19-15-30-52(63)49-26-9-7-10-27-49)51-44-45-56-57-46-47-65(73(67-41-22-24-43-69(67)75(4,5)6)64-39-20-16-31-53(64)50-28-11-8-12-29-50)58-34-25-37-61(70(57)58)71(62(56)48-51)59-35-17-13-32-54(59)55-33-14-18-36-60(55)71/h7-48H,1-6H3. The topological polar surface area (TPSA) is 6.48 Å². The lowest BCUT2D eigenvalue weighted by atomic mass is 9.61. The summed E-state index contributed by atoms with van der Waals surface area (Å²) in [7, 11) is -3.77. The molecular formula is C71H60N2Si2. The van der Waals surface area contributed by atoms with E-state index in [0.29, 0.717) is 0 Å². The van der Waals surface area contributed by atoms with Crippen molar-refractivity contribution in [3.8, 4) is 44.5 Å². The van der Waals surface area contributed by atoms with Crippen LogP contribution in [0.5, 0.6) is 0 Å². The van der Waals surface area contributed by atoms with Gasteiger partial charge in [0.05, 0.1) is 38.6 Å². The summed E-state index contributed by atoms with van der Waals surface area (Å²) in [5.74, 6) is 0. The van der Waals surface area contributed by atoms with Gasteiger partial charge in [0, 0.05) is 33.6 Å². The molecule has 2 aliphatic rings. The number of fused-ring (bicyclic) bond motifs is 9. The first-order valence-electron chi connectivity index (χ1n) is 26.5. The van der Waals surface area contributed by atoms with E-state index >= 15 is 0 Å². The number of para-hydroxylation sites is 4. The Kier molecular flexibility index (Phi) is 11.1. The maximum Gasteiger partial charge on any atom is 0.0803 e. The molecule has 0 N–H and O–H groups in total. The van der Waals surface area contributed by atoms with Crippen LogP contribution in [0.4, 0.5) is 34.1 Å². The average molecular weight is 997 g/mol. The van der Waals surface area contributed by atoms with Gasteiger partial charge in [0.2, 0.25) is 0 Å². The molecular weight excluding hydrogens is 937 g/mol. The quantitative estimate of drug-likeness (QED) is 0.126. The lowest BCUT2D eigenvalue weighted by molar-refractivity contribution is 0.773. The minimum Gasteiger partial charge on any atom is -0.310 e. The van der Waals surface area contributed by atoms with Gasteiger partial charge in [-0.3, -0.25) is 0 Å². The van der Waals surface area contributed by atoms with Crippen LogP contribution in [0.3, 0.4) is 0 Å². The van der Waals surface area contributed by atoms with Crippen molar-refractivity contribution in [3.05, 3.63) is 277 Å². The summed E-state index contributed by atoms with van der Waals surface area (Å²) in [5, 5.41) is 5.38. The van der Waals surface area contributed by atoms with E-state index in [1.165, 1.54) is 105 Å². The first-order valence-corrected chi connectivity index (χ1v) is 33.5. The number of hydrogen-bond donors (Lipinski definition) is 0. The number of rotatable bonds is 10. The van der Waals surface area contributed by atoms with Crippen molar-refractivity contribution in [1.82, 2.24) is 0 Å². The van der Waals surface area contributed by atoms with Crippen molar-refractivity contribution in [1.29, 1.82) is 0 Å². The SMILES string of the molecule is C[Si](C)(C)c1ccccc1N(c1ccc2c(c1)C1(c3ccccc3-c3ccccc31)c1cccc3c(N(c4ccccc4-c4ccccc4)c4ccccc4[Si](C)(C)C)ccc-2c13)c1ccccc1-c1ccccc1. The van der Waals surface area contributed by atoms with E-state index < -0.39 is 21.6 Å². The number of benzene rings is 11. The number of anilines is 6. The summed E-state index contributed by atoms with van der Waals surface area (Å²) >= 11 is 0. The molecule has 0 bridgehead atoms. The van der Waals surface area contributed by atoms with Gasteiger partial charge in [-0.05, 0) is 114 Å². The molecule has 11 aromatic rings. The highest BCUT2D eigenvalue weighted by Crippen LogP contribution is 2.63. The molecule has 0 amide bonds. The van der Waals surface area contributed by atoms with Crippen LogP contribution in [0.1, 0.15) is 22.3 Å². The highest BCUT2D eigenvalue weighted by molar-refractivity contribution is 6.90. The predicted octanol–water partition coefficient (Wildman–Crippen LogP) is 18.5. The molecule has 0 saturated carbocycles. The molecule has 0 fully saturated rings. The monoisotopic (exact) mass is 996 g/mol. The van der Waals surface area contributed by atoms with Gasteiger partial charge in [0.25, 0.3) is 0 Å². The Hall–Kier alpha value is -8.29. The highest BCUT2D eigenvalue weighted by atomic mass is 28.3. The Morgan fingerprint density at radius 3 is 1.24 bits per heavy atom. The predicted molar refractivity (Wildman–Crippen MR) is 326 cm³/mol. The van der Waals surface area contributed by atoms with Crippen LogP contribution >= 0.6 is 0 Å². The second-order valence-electron chi connectivity index (χ2n) is 22.4. The van der Waals surface area contributed by atoms with Gasteiger partial charge < -0.3 is 9.80 Å². The van der Waals surface area contributed by atoms with E-state index in [1.54, 1.807) is 0 Å². The number of hydrogen-bond acceptors (Lipinski definition) is 2. The third-order valence-electron chi connectivity index (χ3n) is 15.9. The molecule has 2 nitrogen and oxygen atoms in total. The van der Waals surface area contributed by atoms with E-state index in [2.05, 4.69) is 304 Å². The largest absolute Gasteiger partial charge is 0.310 e. The Bertz CT molecular complexity index is 3950. The van der Waals surface area contributed by atoms with Crippen LogP contribution in [-0.4, -0.2) is 16.1 Å². The molecule has 362 valence electrons. The molecule has 1 spiro atoms. The lowest BCUT2D eigenvalue weighted by Gasteiger charge is -2.42. The van der Waals surface area contributed by atoms with Gasteiger partial charge >= 0.3 is 0 Å². The molecule has 0 unspecified atom stereocenters. The Morgan fingerprint density at radius 1 is 0.280 bits per heavy atom. The zero-order valence-electron chi connectivity index (χ0n) is 43.6. The van der Waals surface area contributed by atoms with Gasteiger partial charge in [-0.15, -0.1) is 0 Å². The van der Waals surface area contributed by atoms with E-state index in [1.807, 2.05) is 0 Å². The molecule has 75 heavy (non-hydrogen) atoms. The van der Waals surface area contributed by atoms with E-state index in [-0.39, 0.29) is 0 Å². The zero-order chi connectivity index (χ0) is 51.1. The molecule has 0 saturated heterocycles. The van der Waals surface area contributed by atoms with Crippen molar-refractivity contribution in [2.75, 3.05) is 9.80 Å². The van der Waals surface area contributed by atoms with Crippen LogP contribution in [0, 0.1) is 0 Å². The molecule has 0 radical (unpaired) electrons. The van der Waals surface area contributed by atoms with E-state index in [4.69, 9.17) is 0 Å². The van der Waals surface area contributed by atoms with Crippen molar-refractivity contribution in [2.45, 2.75) is 44.7 Å². The van der Waals surface area contributed by atoms with E-state index in [9.17, 15) is 0 Å². The molecule has 4 heteroatoms. The van der Waals surface area contributed by atoms with Gasteiger partial charge in [-0.2, -0.15) is 0 Å². The molecule has 0 aromatic heterocycles. The van der Waals surface area contributed by atoms with Crippen LogP contribution in [0.2, 0.25) is 39.3 Å². The second kappa shape index (κ2) is 18.0. The minimum atomic E-state index is -1.89. The second-order valence-corrected chi connectivity index (χ2v) is 32.5.